The molecule has 0 aromatic carbocycles. The molecule has 23 heavy (non-hydrogen) atoms. The van der Waals surface area contributed by atoms with Crippen molar-refractivity contribution in [1.29, 1.82) is 0 Å². The summed E-state index contributed by atoms with van der Waals surface area (Å²) in [4.78, 5) is 21.3. The van der Waals surface area contributed by atoms with Gasteiger partial charge < -0.3 is 10.0 Å². The van der Waals surface area contributed by atoms with Crippen molar-refractivity contribution in [3.63, 3.8) is 0 Å². The number of thiazole rings is 1. The standard InChI is InChI=1S/C17H27N3O2S/c1-14-18-15(13-23-14)12-19-7-9-20(10-8-19)16(21)11-17(22)5-3-2-4-6-17/h13,22H,2-12H2,1H3. The van der Waals surface area contributed by atoms with Crippen molar-refractivity contribution in [2.24, 2.45) is 0 Å². The van der Waals surface area contributed by atoms with Gasteiger partial charge in [-0.15, -0.1) is 11.3 Å². The Bertz CT molecular complexity index is 532. The lowest BCUT2D eigenvalue weighted by atomic mass is 9.82. The van der Waals surface area contributed by atoms with Gasteiger partial charge in [0, 0.05) is 38.1 Å². The van der Waals surface area contributed by atoms with Gasteiger partial charge in [-0.05, 0) is 19.8 Å². The van der Waals surface area contributed by atoms with Gasteiger partial charge >= 0.3 is 0 Å². The number of carbonyl (C=O) groups is 1. The van der Waals surface area contributed by atoms with Crippen LogP contribution in [0.3, 0.4) is 0 Å². The molecule has 128 valence electrons. The van der Waals surface area contributed by atoms with E-state index in [4.69, 9.17) is 0 Å². The Hall–Kier alpha value is -0.980. The van der Waals surface area contributed by atoms with E-state index in [0.29, 0.717) is 6.42 Å². The zero-order valence-electron chi connectivity index (χ0n) is 14.0. The SMILES string of the molecule is Cc1nc(CN2CCN(C(=O)CC3(O)CCCCC3)CC2)cs1. The van der Waals surface area contributed by atoms with Crippen LogP contribution in [0.15, 0.2) is 5.38 Å². The van der Waals surface area contributed by atoms with Gasteiger partial charge in [-0.25, -0.2) is 4.98 Å². The molecule has 5 nitrogen and oxygen atoms in total. The van der Waals surface area contributed by atoms with E-state index in [1.54, 1.807) is 11.3 Å². The highest BCUT2D eigenvalue weighted by Gasteiger charge is 2.34. The summed E-state index contributed by atoms with van der Waals surface area (Å²) in [5, 5.41) is 13.8. The molecule has 1 saturated heterocycles. The van der Waals surface area contributed by atoms with E-state index in [1.165, 1.54) is 6.42 Å². The molecule has 1 saturated carbocycles. The normalized spacial score (nSPS) is 22.3. The number of hydrogen-bond acceptors (Lipinski definition) is 5. The predicted molar refractivity (Wildman–Crippen MR) is 91.4 cm³/mol. The molecule has 1 aliphatic heterocycles. The minimum Gasteiger partial charge on any atom is -0.389 e. The van der Waals surface area contributed by atoms with Crippen LogP contribution in [0.25, 0.3) is 0 Å². The smallest absolute Gasteiger partial charge is 0.225 e. The van der Waals surface area contributed by atoms with Crippen molar-refractivity contribution < 1.29 is 9.90 Å². The minimum absolute atomic E-state index is 0.124. The molecule has 2 aliphatic rings. The van der Waals surface area contributed by atoms with Crippen LogP contribution < -0.4 is 0 Å². The quantitative estimate of drug-likeness (QED) is 0.915. The molecule has 3 rings (SSSR count). The van der Waals surface area contributed by atoms with Crippen LogP contribution in [0.1, 0.15) is 49.2 Å². The minimum atomic E-state index is -0.745. The number of aliphatic hydroxyl groups is 1. The van der Waals surface area contributed by atoms with E-state index >= 15 is 0 Å². The fourth-order valence-corrected chi connectivity index (χ4v) is 4.25. The van der Waals surface area contributed by atoms with Crippen LogP contribution in [0, 0.1) is 6.92 Å². The van der Waals surface area contributed by atoms with Gasteiger partial charge in [0.05, 0.1) is 22.7 Å². The first-order valence-corrected chi connectivity index (χ1v) is 9.56. The Morgan fingerprint density at radius 2 is 1.96 bits per heavy atom. The average molecular weight is 337 g/mol. The summed E-state index contributed by atoms with van der Waals surface area (Å²) in [6, 6.07) is 0. The molecular weight excluding hydrogens is 310 g/mol. The molecule has 2 fully saturated rings. The molecule has 1 aromatic rings. The summed E-state index contributed by atoms with van der Waals surface area (Å²) >= 11 is 1.69. The summed E-state index contributed by atoms with van der Waals surface area (Å²) in [5.41, 5.74) is 0.383. The van der Waals surface area contributed by atoms with E-state index in [-0.39, 0.29) is 5.91 Å². The van der Waals surface area contributed by atoms with E-state index in [2.05, 4.69) is 15.3 Å². The third kappa shape index (κ3) is 4.52. The molecule has 2 heterocycles. The lowest BCUT2D eigenvalue weighted by Crippen LogP contribution is -2.50. The zero-order valence-corrected chi connectivity index (χ0v) is 14.8. The first-order chi connectivity index (χ1) is 11.0. The van der Waals surface area contributed by atoms with E-state index < -0.39 is 5.60 Å². The zero-order chi connectivity index (χ0) is 16.3. The van der Waals surface area contributed by atoms with Crippen molar-refractivity contribution >= 4 is 17.2 Å². The second kappa shape index (κ2) is 7.28. The van der Waals surface area contributed by atoms with Gasteiger partial charge in [-0.1, -0.05) is 19.3 Å². The average Bonchev–Trinajstić information content (AvgIpc) is 2.93. The maximum atomic E-state index is 12.5. The molecule has 0 radical (unpaired) electrons. The molecule has 6 heteroatoms. The third-order valence-corrected chi connectivity index (χ3v) is 5.86. The van der Waals surface area contributed by atoms with Gasteiger partial charge in [-0.3, -0.25) is 9.69 Å². The molecule has 1 aliphatic carbocycles. The van der Waals surface area contributed by atoms with Gasteiger partial charge in [0.2, 0.25) is 5.91 Å². The second-order valence-corrected chi connectivity index (χ2v) is 8.04. The van der Waals surface area contributed by atoms with Crippen molar-refractivity contribution in [1.82, 2.24) is 14.8 Å². The lowest BCUT2D eigenvalue weighted by molar-refractivity contribution is -0.139. The fraction of sp³-hybridized carbons (Fsp3) is 0.765. The van der Waals surface area contributed by atoms with Crippen LogP contribution in [-0.2, 0) is 11.3 Å². The molecule has 1 N–H and O–H groups in total. The molecule has 0 bridgehead atoms. The number of hydrogen-bond donors (Lipinski definition) is 1. The van der Waals surface area contributed by atoms with Gasteiger partial charge in [0.1, 0.15) is 0 Å². The van der Waals surface area contributed by atoms with E-state index in [0.717, 1.165) is 69.1 Å². The van der Waals surface area contributed by atoms with Crippen LogP contribution in [0.4, 0.5) is 0 Å². The molecule has 0 atom stereocenters. The Morgan fingerprint density at radius 3 is 2.57 bits per heavy atom. The van der Waals surface area contributed by atoms with Crippen LogP contribution in [-0.4, -0.2) is 57.6 Å². The summed E-state index contributed by atoms with van der Waals surface area (Å²) in [6.45, 7) is 6.20. The fourth-order valence-electron chi connectivity index (χ4n) is 3.65. The summed E-state index contributed by atoms with van der Waals surface area (Å²) < 4.78 is 0. The van der Waals surface area contributed by atoms with Crippen LogP contribution >= 0.6 is 11.3 Å². The monoisotopic (exact) mass is 337 g/mol. The third-order valence-electron chi connectivity index (χ3n) is 5.04. The molecule has 1 aromatic heterocycles. The largest absolute Gasteiger partial charge is 0.389 e. The van der Waals surface area contributed by atoms with Crippen molar-refractivity contribution in [2.45, 2.75) is 57.6 Å². The Morgan fingerprint density at radius 1 is 1.26 bits per heavy atom. The number of piperazine rings is 1. The van der Waals surface area contributed by atoms with Gasteiger partial charge in [-0.2, -0.15) is 0 Å². The Kier molecular flexibility index (Phi) is 5.34. The maximum Gasteiger partial charge on any atom is 0.225 e. The number of aromatic nitrogens is 1. The van der Waals surface area contributed by atoms with Gasteiger partial charge in [0.15, 0.2) is 0 Å². The number of carbonyl (C=O) groups excluding carboxylic acids is 1. The predicted octanol–water partition coefficient (Wildman–Crippen LogP) is 2.18. The number of amides is 1. The van der Waals surface area contributed by atoms with Crippen LogP contribution in [0.2, 0.25) is 0 Å². The highest BCUT2D eigenvalue weighted by Crippen LogP contribution is 2.31. The first kappa shape index (κ1) is 16.9. The van der Waals surface area contributed by atoms with E-state index in [9.17, 15) is 9.90 Å². The molecule has 0 spiro atoms. The number of nitrogens with zero attached hydrogens (tertiary/aromatic N) is 3. The number of rotatable bonds is 4. The summed E-state index contributed by atoms with van der Waals surface area (Å²) in [7, 11) is 0. The first-order valence-electron chi connectivity index (χ1n) is 8.68. The summed E-state index contributed by atoms with van der Waals surface area (Å²) in [5.74, 6) is 0.124. The highest BCUT2D eigenvalue weighted by molar-refractivity contribution is 7.09. The molecular formula is C17H27N3O2S. The molecule has 0 unspecified atom stereocenters. The van der Waals surface area contributed by atoms with E-state index in [1.807, 2.05) is 11.8 Å². The second-order valence-electron chi connectivity index (χ2n) is 6.98. The van der Waals surface area contributed by atoms with Crippen molar-refractivity contribution in [3.8, 4) is 0 Å². The lowest BCUT2D eigenvalue weighted by Gasteiger charge is -2.37. The topological polar surface area (TPSA) is 56.7 Å². The highest BCUT2D eigenvalue weighted by atomic mass is 32.1. The summed E-state index contributed by atoms with van der Waals surface area (Å²) in [6.07, 6.45) is 5.14. The van der Waals surface area contributed by atoms with Crippen LogP contribution in [0.5, 0.6) is 0 Å². The number of aryl methyl sites for hydroxylation is 1. The Labute approximate surface area is 142 Å². The van der Waals surface area contributed by atoms with Crippen molar-refractivity contribution in [3.05, 3.63) is 16.1 Å². The Balaban J connectivity index is 1.45. The van der Waals surface area contributed by atoms with Crippen molar-refractivity contribution in [2.75, 3.05) is 26.2 Å². The molecule has 1 amide bonds. The maximum absolute atomic E-state index is 12.5. The van der Waals surface area contributed by atoms with Gasteiger partial charge in [0.25, 0.3) is 0 Å².